The number of aromatic nitrogens is 8. The molecule has 0 aliphatic heterocycles. The van der Waals surface area contributed by atoms with E-state index in [1.165, 1.54) is 0 Å². The van der Waals surface area contributed by atoms with Crippen LogP contribution in [0.5, 0.6) is 0 Å². The molecule has 0 aliphatic carbocycles. The highest BCUT2D eigenvalue weighted by Crippen LogP contribution is 2.18. The van der Waals surface area contributed by atoms with E-state index in [1.807, 2.05) is 42.0 Å². The molecular weight excluding hydrogens is 344 g/mol. The Balaban J connectivity index is 1.55. The van der Waals surface area contributed by atoms with Crippen LogP contribution in [0.2, 0.25) is 0 Å². The van der Waals surface area contributed by atoms with Crippen LogP contribution in [0.1, 0.15) is 16.1 Å². The van der Waals surface area contributed by atoms with Gasteiger partial charge >= 0.3 is 0 Å². The van der Waals surface area contributed by atoms with Crippen molar-refractivity contribution >= 4 is 23.1 Å². The number of aldehydes is 1. The third-order valence-corrected chi connectivity index (χ3v) is 4.43. The summed E-state index contributed by atoms with van der Waals surface area (Å²) >= 11 is 0. The standard InChI is InChI=1S/C18H14N8O/c1-24-10-13(6-20-24)16-7-19-17-18(21-16)26(23-22-17)9-12-2-3-14-4-5-15(11-27)25(14)8-12/h2-8,10-11H,9H2,1H3. The summed E-state index contributed by atoms with van der Waals surface area (Å²) in [4.78, 5) is 20.2. The van der Waals surface area contributed by atoms with Crippen LogP contribution in [-0.2, 0) is 13.6 Å². The minimum absolute atomic E-state index is 0.466. The Morgan fingerprint density at radius 1 is 1.11 bits per heavy atom. The van der Waals surface area contributed by atoms with Gasteiger partial charge in [-0.25, -0.2) is 14.6 Å². The van der Waals surface area contributed by atoms with E-state index in [9.17, 15) is 4.79 Å². The molecule has 0 N–H and O–H groups in total. The average Bonchev–Trinajstić information content (AvgIpc) is 3.40. The fraction of sp³-hybridized carbons (Fsp3) is 0.111. The molecule has 0 amide bonds. The second kappa shape index (κ2) is 5.84. The molecule has 0 fully saturated rings. The van der Waals surface area contributed by atoms with Crippen LogP contribution in [0, 0.1) is 0 Å². The lowest BCUT2D eigenvalue weighted by Crippen LogP contribution is -2.05. The number of carbonyl (C=O) groups is 1. The van der Waals surface area contributed by atoms with Crippen molar-refractivity contribution in [1.82, 2.24) is 39.1 Å². The maximum absolute atomic E-state index is 11.2. The second-order valence-corrected chi connectivity index (χ2v) is 6.26. The summed E-state index contributed by atoms with van der Waals surface area (Å²) in [7, 11) is 1.85. The van der Waals surface area contributed by atoms with Crippen LogP contribution in [0.3, 0.4) is 0 Å². The first kappa shape index (κ1) is 15.4. The minimum Gasteiger partial charge on any atom is -0.314 e. The van der Waals surface area contributed by atoms with Crippen LogP contribution in [0.15, 0.2) is 49.1 Å². The van der Waals surface area contributed by atoms with Gasteiger partial charge in [0.1, 0.15) is 0 Å². The topological polar surface area (TPSA) is 95.8 Å². The number of aryl methyl sites for hydroxylation is 1. The van der Waals surface area contributed by atoms with Gasteiger partial charge < -0.3 is 4.40 Å². The predicted molar refractivity (Wildman–Crippen MR) is 97.2 cm³/mol. The molecule has 27 heavy (non-hydrogen) atoms. The van der Waals surface area contributed by atoms with Crippen LogP contribution < -0.4 is 0 Å². The largest absolute Gasteiger partial charge is 0.314 e. The van der Waals surface area contributed by atoms with E-state index < -0.39 is 0 Å². The van der Waals surface area contributed by atoms with Gasteiger partial charge in [0, 0.05) is 30.5 Å². The maximum Gasteiger partial charge on any atom is 0.221 e. The van der Waals surface area contributed by atoms with Gasteiger partial charge in [0.25, 0.3) is 0 Å². The third kappa shape index (κ3) is 2.56. The van der Waals surface area contributed by atoms with Crippen molar-refractivity contribution in [3.63, 3.8) is 0 Å². The van der Waals surface area contributed by atoms with Crippen molar-refractivity contribution in [2.75, 3.05) is 0 Å². The minimum atomic E-state index is 0.466. The van der Waals surface area contributed by atoms with Crippen LogP contribution in [-0.4, -0.2) is 45.4 Å². The van der Waals surface area contributed by atoms with E-state index in [4.69, 9.17) is 0 Å². The highest BCUT2D eigenvalue weighted by atomic mass is 16.1. The van der Waals surface area contributed by atoms with Crippen molar-refractivity contribution in [3.8, 4) is 11.3 Å². The lowest BCUT2D eigenvalue weighted by molar-refractivity contribution is 0.111. The molecule has 0 unspecified atom stereocenters. The molecule has 5 aromatic heterocycles. The molecule has 0 bridgehead atoms. The van der Waals surface area contributed by atoms with E-state index >= 15 is 0 Å². The smallest absolute Gasteiger partial charge is 0.221 e. The summed E-state index contributed by atoms with van der Waals surface area (Å²) in [6.07, 6.45) is 8.05. The van der Waals surface area contributed by atoms with E-state index in [0.29, 0.717) is 29.2 Å². The highest BCUT2D eigenvalue weighted by Gasteiger charge is 2.12. The zero-order valence-corrected chi connectivity index (χ0v) is 14.4. The van der Waals surface area contributed by atoms with E-state index in [0.717, 1.165) is 22.9 Å². The van der Waals surface area contributed by atoms with Crippen molar-refractivity contribution in [2.45, 2.75) is 6.54 Å². The number of carbonyl (C=O) groups excluding carboxylic acids is 1. The Hall–Kier alpha value is -3.88. The second-order valence-electron chi connectivity index (χ2n) is 6.26. The van der Waals surface area contributed by atoms with Gasteiger partial charge in [-0.3, -0.25) is 9.48 Å². The van der Waals surface area contributed by atoms with Gasteiger partial charge in [0.15, 0.2) is 11.9 Å². The Bertz CT molecular complexity index is 1300. The Morgan fingerprint density at radius 2 is 2.00 bits per heavy atom. The summed E-state index contributed by atoms with van der Waals surface area (Å²) in [6, 6.07) is 7.66. The molecule has 5 rings (SSSR count). The molecular formula is C18H14N8O. The van der Waals surface area contributed by atoms with E-state index in [2.05, 4.69) is 25.4 Å². The molecule has 0 aromatic carbocycles. The Labute approximate surface area is 152 Å². The summed E-state index contributed by atoms with van der Waals surface area (Å²) in [6.45, 7) is 0.466. The van der Waals surface area contributed by atoms with Gasteiger partial charge in [-0.15, -0.1) is 5.10 Å². The zero-order valence-electron chi connectivity index (χ0n) is 14.4. The fourth-order valence-corrected chi connectivity index (χ4v) is 3.08. The Morgan fingerprint density at radius 3 is 2.81 bits per heavy atom. The van der Waals surface area contributed by atoms with Gasteiger partial charge in [-0.05, 0) is 23.8 Å². The monoisotopic (exact) mass is 358 g/mol. The van der Waals surface area contributed by atoms with E-state index in [-0.39, 0.29) is 0 Å². The van der Waals surface area contributed by atoms with Crippen molar-refractivity contribution in [2.24, 2.45) is 7.05 Å². The average molecular weight is 358 g/mol. The molecule has 132 valence electrons. The lowest BCUT2D eigenvalue weighted by Gasteiger charge is -2.05. The van der Waals surface area contributed by atoms with Crippen LogP contribution >= 0.6 is 0 Å². The maximum atomic E-state index is 11.2. The molecule has 0 spiro atoms. The van der Waals surface area contributed by atoms with Crippen molar-refractivity contribution in [1.29, 1.82) is 0 Å². The molecule has 9 heteroatoms. The highest BCUT2D eigenvalue weighted by molar-refractivity contribution is 5.76. The van der Waals surface area contributed by atoms with Gasteiger partial charge in [0.05, 0.1) is 30.3 Å². The quantitative estimate of drug-likeness (QED) is 0.454. The first-order valence-electron chi connectivity index (χ1n) is 8.32. The van der Waals surface area contributed by atoms with Gasteiger partial charge in [-0.1, -0.05) is 11.3 Å². The van der Waals surface area contributed by atoms with Crippen molar-refractivity contribution < 1.29 is 4.79 Å². The summed E-state index contributed by atoms with van der Waals surface area (Å²) < 4.78 is 5.27. The number of pyridine rings is 1. The number of hydrogen-bond donors (Lipinski definition) is 0. The SMILES string of the molecule is Cn1cc(-c2cnc3nnn(Cc4ccc5ccc(C=O)n5c4)c3n2)cn1. The molecule has 5 aromatic rings. The molecule has 0 aliphatic rings. The summed E-state index contributed by atoms with van der Waals surface area (Å²) in [5.41, 5.74) is 5.21. The number of nitrogens with zero attached hydrogens (tertiary/aromatic N) is 8. The van der Waals surface area contributed by atoms with Crippen LogP contribution in [0.4, 0.5) is 0 Å². The van der Waals surface area contributed by atoms with Crippen molar-refractivity contribution in [3.05, 3.63) is 60.3 Å². The third-order valence-electron chi connectivity index (χ3n) is 4.43. The lowest BCUT2D eigenvalue weighted by atomic mass is 10.2. The summed E-state index contributed by atoms with van der Waals surface area (Å²) in [5, 5.41) is 12.4. The number of hydrogen-bond acceptors (Lipinski definition) is 6. The van der Waals surface area contributed by atoms with Gasteiger partial charge in [0.2, 0.25) is 5.65 Å². The van der Waals surface area contributed by atoms with E-state index in [1.54, 1.807) is 27.8 Å². The predicted octanol–water partition coefficient (Wildman–Crippen LogP) is 1.74. The molecule has 0 atom stereocenters. The first-order chi connectivity index (χ1) is 13.2. The van der Waals surface area contributed by atoms with Gasteiger partial charge in [-0.2, -0.15) is 5.10 Å². The molecule has 0 saturated carbocycles. The summed E-state index contributed by atoms with van der Waals surface area (Å²) in [5.74, 6) is 0. The molecule has 5 heterocycles. The molecule has 9 nitrogen and oxygen atoms in total. The first-order valence-corrected chi connectivity index (χ1v) is 8.32. The molecule has 0 saturated heterocycles. The Kier molecular flexibility index (Phi) is 3.32. The normalized spacial score (nSPS) is 11.4. The number of fused-ring (bicyclic) bond motifs is 2. The molecule has 0 radical (unpaired) electrons. The number of rotatable bonds is 4. The van der Waals surface area contributed by atoms with Crippen LogP contribution in [0.25, 0.3) is 28.1 Å². The zero-order chi connectivity index (χ0) is 18.4. The fourth-order valence-electron chi connectivity index (χ4n) is 3.08.